The summed E-state index contributed by atoms with van der Waals surface area (Å²) in [7, 11) is 1.86. The molecule has 2 aromatic rings. The standard InChI is InChI=1S/C15H19BrClN3O/c1-4-11(18)8-12-9(2)19-20(3)15(12)21-14-6-5-10(16)7-13(14)17/h5-7,11H,4,8,18H2,1-3H3. The first kappa shape index (κ1) is 16.3. The summed E-state index contributed by atoms with van der Waals surface area (Å²) < 4.78 is 8.62. The van der Waals surface area contributed by atoms with Crippen LogP contribution >= 0.6 is 27.5 Å². The predicted molar refractivity (Wildman–Crippen MR) is 89.1 cm³/mol. The number of halogens is 2. The maximum absolute atomic E-state index is 6.21. The summed E-state index contributed by atoms with van der Waals surface area (Å²) in [5.41, 5.74) is 8.04. The highest BCUT2D eigenvalue weighted by Crippen LogP contribution is 2.34. The molecule has 4 nitrogen and oxygen atoms in total. The third-order valence-corrected chi connectivity index (χ3v) is 4.17. The smallest absolute Gasteiger partial charge is 0.221 e. The summed E-state index contributed by atoms with van der Waals surface area (Å²) in [6, 6.07) is 5.62. The van der Waals surface area contributed by atoms with E-state index in [1.807, 2.05) is 26.1 Å². The van der Waals surface area contributed by atoms with Gasteiger partial charge in [0.25, 0.3) is 0 Å². The normalized spacial score (nSPS) is 12.5. The Kier molecular flexibility index (Phi) is 5.30. The lowest BCUT2D eigenvalue weighted by molar-refractivity contribution is 0.424. The molecule has 1 atom stereocenters. The van der Waals surface area contributed by atoms with E-state index in [1.165, 1.54) is 0 Å². The number of hydrogen-bond acceptors (Lipinski definition) is 3. The largest absolute Gasteiger partial charge is 0.437 e. The number of aromatic nitrogens is 2. The van der Waals surface area contributed by atoms with Gasteiger partial charge in [-0.1, -0.05) is 34.5 Å². The minimum atomic E-state index is 0.0932. The Labute approximate surface area is 138 Å². The highest BCUT2D eigenvalue weighted by atomic mass is 79.9. The lowest BCUT2D eigenvalue weighted by atomic mass is 10.1. The molecule has 114 valence electrons. The van der Waals surface area contributed by atoms with E-state index in [2.05, 4.69) is 28.0 Å². The van der Waals surface area contributed by atoms with Gasteiger partial charge in [0.15, 0.2) is 0 Å². The van der Waals surface area contributed by atoms with Crippen molar-refractivity contribution in [2.45, 2.75) is 32.7 Å². The van der Waals surface area contributed by atoms with E-state index in [4.69, 9.17) is 22.1 Å². The fourth-order valence-electron chi connectivity index (χ4n) is 2.11. The van der Waals surface area contributed by atoms with Gasteiger partial charge in [-0.2, -0.15) is 5.10 Å². The van der Waals surface area contributed by atoms with E-state index in [-0.39, 0.29) is 6.04 Å². The lowest BCUT2D eigenvalue weighted by Gasteiger charge is -2.13. The molecule has 6 heteroatoms. The number of nitrogens with two attached hydrogens (primary N) is 1. The first-order valence-corrected chi connectivity index (χ1v) is 8.00. The van der Waals surface area contributed by atoms with E-state index in [9.17, 15) is 0 Å². The Morgan fingerprint density at radius 3 is 2.81 bits per heavy atom. The molecule has 1 aromatic carbocycles. The van der Waals surface area contributed by atoms with Crippen molar-refractivity contribution < 1.29 is 4.74 Å². The number of benzene rings is 1. The fraction of sp³-hybridized carbons (Fsp3) is 0.400. The van der Waals surface area contributed by atoms with Crippen LogP contribution in [-0.2, 0) is 13.5 Å². The third kappa shape index (κ3) is 3.78. The van der Waals surface area contributed by atoms with Crippen LogP contribution in [0.5, 0.6) is 11.6 Å². The van der Waals surface area contributed by atoms with Crippen molar-refractivity contribution in [3.05, 3.63) is 39.0 Å². The second-order valence-electron chi connectivity index (χ2n) is 5.04. The molecule has 0 bridgehead atoms. The minimum Gasteiger partial charge on any atom is -0.437 e. The monoisotopic (exact) mass is 371 g/mol. The molecule has 1 aromatic heterocycles. The molecule has 0 aliphatic rings. The molecule has 0 spiro atoms. The quantitative estimate of drug-likeness (QED) is 0.855. The number of rotatable bonds is 5. The van der Waals surface area contributed by atoms with Crippen molar-refractivity contribution in [2.24, 2.45) is 12.8 Å². The summed E-state index contributed by atoms with van der Waals surface area (Å²) in [4.78, 5) is 0. The summed E-state index contributed by atoms with van der Waals surface area (Å²) in [5.74, 6) is 1.30. The summed E-state index contributed by atoms with van der Waals surface area (Å²) in [5, 5.41) is 4.98. The van der Waals surface area contributed by atoms with Crippen LogP contribution < -0.4 is 10.5 Å². The van der Waals surface area contributed by atoms with Crippen LogP contribution in [0.25, 0.3) is 0 Å². The van der Waals surface area contributed by atoms with E-state index in [0.29, 0.717) is 16.7 Å². The molecule has 1 unspecified atom stereocenters. The van der Waals surface area contributed by atoms with Crippen molar-refractivity contribution in [1.82, 2.24) is 9.78 Å². The van der Waals surface area contributed by atoms with Crippen LogP contribution in [0.1, 0.15) is 24.6 Å². The zero-order valence-electron chi connectivity index (χ0n) is 12.4. The van der Waals surface area contributed by atoms with Crippen LogP contribution in [0.3, 0.4) is 0 Å². The minimum absolute atomic E-state index is 0.0932. The Morgan fingerprint density at radius 2 is 2.19 bits per heavy atom. The van der Waals surface area contributed by atoms with E-state index in [1.54, 1.807) is 10.7 Å². The third-order valence-electron chi connectivity index (χ3n) is 3.38. The van der Waals surface area contributed by atoms with E-state index in [0.717, 1.165) is 28.6 Å². The van der Waals surface area contributed by atoms with Gasteiger partial charge >= 0.3 is 0 Å². The van der Waals surface area contributed by atoms with Crippen LogP contribution in [0, 0.1) is 6.92 Å². The predicted octanol–water partition coefficient (Wildman–Crippen LogP) is 4.22. The molecule has 2 rings (SSSR count). The Balaban J connectivity index is 2.34. The molecular weight excluding hydrogens is 354 g/mol. The van der Waals surface area contributed by atoms with Gasteiger partial charge in [-0.3, -0.25) is 0 Å². The van der Waals surface area contributed by atoms with Crippen LogP contribution in [0.2, 0.25) is 5.02 Å². The molecule has 0 saturated heterocycles. The van der Waals surface area contributed by atoms with Gasteiger partial charge in [-0.25, -0.2) is 4.68 Å². The first-order chi connectivity index (χ1) is 9.92. The van der Waals surface area contributed by atoms with E-state index < -0.39 is 0 Å². The topological polar surface area (TPSA) is 53.1 Å². The molecule has 2 N–H and O–H groups in total. The van der Waals surface area contributed by atoms with Gasteiger partial charge in [0.05, 0.1) is 10.7 Å². The maximum atomic E-state index is 6.21. The zero-order chi connectivity index (χ0) is 15.6. The lowest BCUT2D eigenvalue weighted by Crippen LogP contribution is -2.21. The molecule has 0 amide bonds. The van der Waals surface area contributed by atoms with Gasteiger partial charge < -0.3 is 10.5 Å². The Morgan fingerprint density at radius 1 is 1.48 bits per heavy atom. The molecule has 0 fully saturated rings. The highest BCUT2D eigenvalue weighted by Gasteiger charge is 2.18. The molecule has 0 saturated carbocycles. The first-order valence-electron chi connectivity index (χ1n) is 6.83. The summed E-state index contributed by atoms with van der Waals surface area (Å²) >= 11 is 9.60. The van der Waals surface area contributed by atoms with Gasteiger partial charge in [0.2, 0.25) is 5.88 Å². The molecule has 1 heterocycles. The molecule has 0 radical (unpaired) electrons. The highest BCUT2D eigenvalue weighted by molar-refractivity contribution is 9.10. The molecule has 21 heavy (non-hydrogen) atoms. The maximum Gasteiger partial charge on any atom is 0.221 e. The van der Waals surface area contributed by atoms with Gasteiger partial charge in [0, 0.05) is 23.1 Å². The Hall–Kier alpha value is -1.04. The molecule has 0 aliphatic carbocycles. The second-order valence-corrected chi connectivity index (χ2v) is 6.36. The average Bonchev–Trinajstić information content (AvgIpc) is 2.68. The fourth-order valence-corrected chi connectivity index (χ4v) is 2.82. The number of hydrogen-bond donors (Lipinski definition) is 1. The van der Waals surface area contributed by atoms with E-state index >= 15 is 0 Å². The number of nitrogens with zero attached hydrogens (tertiary/aromatic N) is 2. The zero-order valence-corrected chi connectivity index (χ0v) is 14.7. The van der Waals surface area contributed by atoms with Crippen molar-refractivity contribution in [3.63, 3.8) is 0 Å². The van der Waals surface area contributed by atoms with Crippen LogP contribution in [0.4, 0.5) is 0 Å². The van der Waals surface area contributed by atoms with Crippen molar-refractivity contribution in [2.75, 3.05) is 0 Å². The van der Waals surface area contributed by atoms with Crippen molar-refractivity contribution in [3.8, 4) is 11.6 Å². The second kappa shape index (κ2) is 6.81. The Bertz CT molecular complexity index is 642. The molecular formula is C15H19BrClN3O. The van der Waals surface area contributed by atoms with Gasteiger partial charge in [-0.15, -0.1) is 0 Å². The van der Waals surface area contributed by atoms with Gasteiger partial charge in [-0.05, 0) is 38.0 Å². The summed E-state index contributed by atoms with van der Waals surface area (Å²) in [6.45, 7) is 4.04. The van der Waals surface area contributed by atoms with Crippen LogP contribution in [0.15, 0.2) is 22.7 Å². The number of aryl methyl sites for hydroxylation is 2. The summed E-state index contributed by atoms with van der Waals surface area (Å²) in [6.07, 6.45) is 1.65. The van der Waals surface area contributed by atoms with Crippen LogP contribution in [-0.4, -0.2) is 15.8 Å². The molecule has 0 aliphatic heterocycles. The van der Waals surface area contributed by atoms with Crippen molar-refractivity contribution in [1.29, 1.82) is 0 Å². The van der Waals surface area contributed by atoms with Crippen molar-refractivity contribution >= 4 is 27.5 Å². The average molecular weight is 373 g/mol. The number of ether oxygens (including phenoxy) is 1. The van der Waals surface area contributed by atoms with Gasteiger partial charge in [0.1, 0.15) is 5.75 Å². The SMILES string of the molecule is CCC(N)Cc1c(C)nn(C)c1Oc1ccc(Br)cc1Cl.